The van der Waals surface area contributed by atoms with Crippen molar-refractivity contribution in [2.45, 2.75) is 37.9 Å². The predicted molar refractivity (Wildman–Crippen MR) is 72.4 cm³/mol. The molecule has 1 amide bonds. The predicted octanol–water partition coefficient (Wildman–Crippen LogP) is 3.27. The molecule has 0 aliphatic rings. The Bertz CT molecular complexity index is 429. The summed E-state index contributed by atoms with van der Waals surface area (Å²) < 4.78 is 38.7. The Balaban J connectivity index is 2.59. The number of pyridine rings is 1. The minimum Gasteiger partial charge on any atom is -0.343 e. The molecule has 0 unspecified atom stereocenters. The molecule has 0 aromatic carbocycles. The van der Waals surface area contributed by atoms with Crippen LogP contribution in [0, 0.1) is 5.41 Å². The van der Waals surface area contributed by atoms with Crippen molar-refractivity contribution in [2.75, 3.05) is 5.75 Å². The molecule has 1 aromatic heterocycles. The van der Waals surface area contributed by atoms with Crippen molar-refractivity contribution in [2.24, 2.45) is 5.41 Å². The lowest BCUT2D eigenvalue weighted by Crippen LogP contribution is -2.53. The Hall–Kier alpha value is -1.24. The third kappa shape index (κ3) is 5.40. The van der Waals surface area contributed by atoms with E-state index in [4.69, 9.17) is 0 Å². The number of halogens is 3. The molecule has 1 atom stereocenters. The molecule has 112 valence electrons. The van der Waals surface area contributed by atoms with Crippen LogP contribution in [0.5, 0.6) is 0 Å². The highest BCUT2D eigenvalue weighted by molar-refractivity contribution is 8.00. The van der Waals surface area contributed by atoms with E-state index in [1.807, 2.05) is 0 Å². The number of carbonyl (C=O) groups is 1. The summed E-state index contributed by atoms with van der Waals surface area (Å²) in [6.07, 6.45) is -1.34. The summed E-state index contributed by atoms with van der Waals surface area (Å²) in [4.78, 5) is 16.3. The molecule has 20 heavy (non-hydrogen) atoms. The first-order chi connectivity index (χ1) is 9.10. The first-order valence-electron chi connectivity index (χ1n) is 5.99. The van der Waals surface area contributed by atoms with Crippen molar-refractivity contribution in [1.29, 1.82) is 0 Å². The quantitative estimate of drug-likeness (QED) is 0.868. The van der Waals surface area contributed by atoms with Gasteiger partial charge in [0.15, 0.2) is 0 Å². The van der Waals surface area contributed by atoms with Crippen LogP contribution in [0.25, 0.3) is 0 Å². The number of hydrogen-bond acceptors (Lipinski definition) is 3. The molecule has 1 heterocycles. The summed E-state index contributed by atoms with van der Waals surface area (Å²) in [5, 5.41) is 2.07. The number of aromatic nitrogens is 1. The highest BCUT2D eigenvalue weighted by Crippen LogP contribution is 2.33. The van der Waals surface area contributed by atoms with E-state index in [1.54, 1.807) is 24.5 Å². The lowest BCUT2D eigenvalue weighted by Gasteiger charge is -2.33. The standard InChI is InChI=1S/C13H17F3N2OS/c1-12(2,3)11(13(14,15)16)18-10(19)8-20-9-4-6-17-7-5-9/h4-7,11H,8H2,1-3H3,(H,18,19)/t11-/m0/s1. The van der Waals surface area contributed by atoms with Gasteiger partial charge < -0.3 is 5.32 Å². The largest absolute Gasteiger partial charge is 0.409 e. The van der Waals surface area contributed by atoms with Crippen LogP contribution >= 0.6 is 11.8 Å². The van der Waals surface area contributed by atoms with Crippen LogP contribution in [0.1, 0.15) is 20.8 Å². The van der Waals surface area contributed by atoms with Crippen LogP contribution < -0.4 is 5.32 Å². The normalized spacial score (nSPS) is 13.9. The minimum atomic E-state index is -4.46. The maximum Gasteiger partial charge on any atom is 0.409 e. The zero-order chi connectivity index (χ0) is 15.4. The average molecular weight is 306 g/mol. The van der Waals surface area contributed by atoms with Gasteiger partial charge in [-0.1, -0.05) is 20.8 Å². The monoisotopic (exact) mass is 306 g/mol. The first-order valence-corrected chi connectivity index (χ1v) is 6.98. The van der Waals surface area contributed by atoms with Gasteiger partial charge in [0, 0.05) is 17.3 Å². The topological polar surface area (TPSA) is 42.0 Å². The van der Waals surface area contributed by atoms with Gasteiger partial charge in [-0.25, -0.2) is 0 Å². The molecule has 1 N–H and O–H groups in total. The third-order valence-corrected chi connectivity index (χ3v) is 3.53. The van der Waals surface area contributed by atoms with Crippen molar-refractivity contribution in [3.05, 3.63) is 24.5 Å². The van der Waals surface area contributed by atoms with Crippen LogP contribution in [-0.4, -0.2) is 28.9 Å². The molecule has 0 fully saturated rings. The second-order valence-electron chi connectivity index (χ2n) is 5.38. The summed E-state index contributed by atoms with van der Waals surface area (Å²) >= 11 is 1.17. The Labute approximate surface area is 120 Å². The first kappa shape index (κ1) is 16.8. The summed E-state index contributed by atoms with van der Waals surface area (Å²) in [5.41, 5.74) is -1.09. The summed E-state index contributed by atoms with van der Waals surface area (Å²) in [5.74, 6) is -0.698. The van der Waals surface area contributed by atoms with Crippen molar-refractivity contribution < 1.29 is 18.0 Å². The van der Waals surface area contributed by atoms with Gasteiger partial charge >= 0.3 is 6.18 Å². The number of carbonyl (C=O) groups excluding carboxylic acids is 1. The zero-order valence-corrected chi connectivity index (χ0v) is 12.3. The van der Waals surface area contributed by atoms with Crippen LogP contribution in [0.4, 0.5) is 13.2 Å². The summed E-state index contributed by atoms with van der Waals surface area (Å²) in [7, 11) is 0. The minimum absolute atomic E-state index is 0.0628. The molecule has 0 aliphatic carbocycles. The Morgan fingerprint density at radius 1 is 1.30 bits per heavy atom. The molecule has 0 aliphatic heterocycles. The van der Waals surface area contributed by atoms with E-state index in [1.165, 1.54) is 32.5 Å². The lowest BCUT2D eigenvalue weighted by molar-refractivity contribution is -0.180. The number of amides is 1. The van der Waals surface area contributed by atoms with Crippen molar-refractivity contribution in [1.82, 2.24) is 10.3 Å². The maximum absolute atomic E-state index is 12.9. The van der Waals surface area contributed by atoms with Crippen molar-refractivity contribution in [3.8, 4) is 0 Å². The van der Waals surface area contributed by atoms with Crippen LogP contribution in [0.3, 0.4) is 0 Å². The average Bonchev–Trinajstić information content (AvgIpc) is 2.32. The smallest absolute Gasteiger partial charge is 0.343 e. The molecule has 3 nitrogen and oxygen atoms in total. The molecule has 0 saturated heterocycles. The van der Waals surface area contributed by atoms with E-state index < -0.39 is 23.5 Å². The zero-order valence-electron chi connectivity index (χ0n) is 11.5. The van der Waals surface area contributed by atoms with Gasteiger partial charge in [-0.2, -0.15) is 13.2 Å². The number of rotatable bonds is 4. The van der Waals surface area contributed by atoms with Crippen LogP contribution in [-0.2, 0) is 4.79 Å². The highest BCUT2D eigenvalue weighted by Gasteiger charge is 2.47. The fourth-order valence-electron chi connectivity index (χ4n) is 1.58. The van der Waals surface area contributed by atoms with Crippen LogP contribution in [0.15, 0.2) is 29.4 Å². The van der Waals surface area contributed by atoms with Gasteiger partial charge in [-0.15, -0.1) is 11.8 Å². The Morgan fingerprint density at radius 2 is 1.85 bits per heavy atom. The fourth-order valence-corrected chi connectivity index (χ4v) is 2.27. The van der Waals surface area contributed by atoms with Gasteiger partial charge in [0.1, 0.15) is 6.04 Å². The number of thioether (sulfide) groups is 1. The lowest BCUT2D eigenvalue weighted by atomic mass is 9.86. The molecular formula is C13H17F3N2OS. The molecule has 0 saturated carbocycles. The van der Waals surface area contributed by atoms with E-state index in [0.29, 0.717) is 0 Å². The third-order valence-electron chi connectivity index (χ3n) is 2.52. The molecule has 1 rings (SSSR count). The van der Waals surface area contributed by atoms with E-state index in [9.17, 15) is 18.0 Å². The van der Waals surface area contributed by atoms with Gasteiger partial charge in [-0.3, -0.25) is 9.78 Å². The number of hydrogen-bond donors (Lipinski definition) is 1. The highest BCUT2D eigenvalue weighted by atomic mass is 32.2. The summed E-state index contributed by atoms with van der Waals surface area (Å²) in [6.45, 7) is 4.34. The second kappa shape index (κ2) is 6.47. The van der Waals surface area contributed by atoms with E-state index in [0.717, 1.165) is 4.90 Å². The summed E-state index contributed by atoms with van der Waals surface area (Å²) in [6, 6.07) is 1.53. The van der Waals surface area contributed by atoms with Gasteiger partial charge in [0.25, 0.3) is 0 Å². The molecule has 0 bridgehead atoms. The van der Waals surface area contributed by atoms with Crippen molar-refractivity contribution in [3.63, 3.8) is 0 Å². The van der Waals surface area contributed by atoms with Gasteiger partial charge in [0.2, 0.25) is 5.91 Å². The number of nitrogens with one attached hydrogen (secondary N) is 1. The van der Waals surface area contributed by atoms with E-state index >= 15 is 0 Å². The van der Waals surface area contributed by atoms with E-state index in [-0.39, 0.29) is 5.75 Å². The Kier molecular flexibility index (Phi) is 5.44. The maximum atomic E-state index is 12.9. The van der Waals surface area contributed by atoms with E-state index in [2.05, 4.69) is 10.3 Å². The molecule has 1 aromatic rings. The molecule has 0 spiro atoms. The van der Waals surface area contributed by atoms with Crippen LogP contribution in [0.2, 0.25) is 0 Å². The second-order valence-corrected chi connectivity index (χ2v) is 6.43. The molecule has 7 heteroatoms. The molecule has 0 radical (unpaired) electrons. The molecular weight excluding hydrogens is 289 g/mol. The van der Waals surface area contributed by atoms with Crippen molar-refractivity contribution >= 4 is 17.7 Å². The number of nitrogens with zero attached hydrogens (tertiary/aromatic N) is 1. The van der Waals surface area contributed by atoms with Gasteiger partial charge in [-0.05, 0) is 17.5 Å². The Morgan fingerprint density at radius 3 is 2.30 bits per heavy atom. The fraction of sp³-hybridized carbons (Fsp3) is 0.538. The number of alkyl halides is 3. The van der Waals surface area contributed by atoms with Gasteiger partial charge in [0.05, 0.1) is 5.75 Å². The SMILES string of the molecule is CC(C)(C)[C@H](NC(=O)CSc1ccncc1)C(F)(F)F.